The standard InChI is InChI=1S/C49H44N2/c1-34(2)35-24-28-39(29-25-35)50(37-16-8-6-9-17-37)47-32-45-42-21-13-15-23-44(42)48(33-46(45)41-20-12-14-22-43(41)47)51(38-18-10-7-11-19-38)40-30-26-36(27-31-40)49(3,4)5/h6-34H,1-5H3. The zero-order valence-electron chi connectivity index (χ0n) is 30.1. The van der Waals surface area contributed by atoms with Crippen LogP contribution in [0.15, 0.2) is 170 Å². The van der Waals surface area contributed by atoms with Gasteiger partial charge in [-0.15, -0.1) is 0 Å². The Balaban J connectivity index is 1.42. The molecule has 0 amide bonds. The maximum atomic E-state index is 2.42. The molecular weight excluding hydrogens is 617 g/mol. The van der Waals surface area contributed by atoms with E-state index in [0.717, 1.165) is 34.1 Å². The molecule has 0 aliphatic carbocycles. The van der Waals surface area contributed by atoms with E-state index in [1.807, 2.05) is 0 Å². The number of anilines is 6. The van der Waals surface area contributed by atoms with Crippen LogP contribution in [0.25, 0.3) is 32.3 Å². The lowest BCUT2D eigenvalue weighted by atomic mass is 9.87. The van der Waals surface area contributed by atoms with Gasteiger partial charge in [-0.3, -0.25) is 0 Å². The number of para-hydroxylation sites is 2. The van der Waals surface area contributed by atoms with Gasteiger partial charge in [-0.25, -0.2) is 0 Å². The fourth-order valence-corrected chi connectivity index (χ4v) is 7.41. The minimum Gasteiger partial charge on any atom is -0.310 e. The summed E-state index contributed by atoms with van der Waals surface area (Å²) in [7, 11) is 0. The summed E-state index contributed by atoms with van der Waals surface area (Å²) in [5.74, 6) is 0.471. The van der Waals surface area contributed by atoms with Crippen molar-refractivity contribution in [2.24, 2.45) is 0 Å². The molecule has 0 unspecified atom stereocenters. The van der Waals surface area contributed by atoms with Crippen LogP contribution in [-0.4, -0.2) is 0 Å². The first-order valence-electron chi connectivity index (χ1n) is 18.1. The molecule has 0 N–H and O–H groups in total. The first-order valence-corrected chi connectivity index (χ1v) is 18.1. The molecule has 0 fully saturated rings. The molecule has 0 aliphatic rings. The van der Waals surface area contributed by atoms with Gasteiger partial charge in [0.25, 0.3) is 0 Å². The highest BCUT2D eigenvalue weighted by atomic mass is 15.1. The summed E-state index contributed by atoms with van der Waals surface area (Å²) < 4.78 is 0. The molecule has 2 heteroatoms. The van der Waals surface area contributed by atoms with E-state index in [-0.39, 0.29) is 5.41 Å². The van der Waals surface area contributed by atoms with Crippen LogP contribution in [0, 0.1) is 0 Å². The normalized spacial score (nSPS) is 11.8. The van der Waals surface area contributed by atoms with Gasteiger partial charge in [-0.1, -0.05) is 144 Å². The number of hydrogen-bond donors (Lipinski definition) is 0. The molecule has 250 valence electrons. The van der Waals surface area contributed by atoms with E-state index in [4.69, 9.17) is 0 Å². The second-order valence-electron chi connectivity index (χ2n) is 14.9. The maximum Gasteiger partial charge on any atom is 0.0546 e. The van der Waals surface area contributed by atoms with Gasteiger partial charge in [0, 0.05) is 33.5 Å². The lowest BCUT2D eigenvalue weighted by Crippen LogP contribution is -2.13. The molecule has 2 nitrogen and oxygen atoms in total. The van der Waals surface area contributed by atoms with Gasteiger partial charge in [0.05, 0.1) is 11.4 Å². The van der Waals surface area contributed by atoms with Crippen LogP contribution in [0.3, 0.4) is 0 Å². The third-order valence-electron chi connectivity index (χ3n) is 10.2. The van der Waals surface area contributed by atoms with Crippen LogP contribution in [0.2, 0.25) is 0 Å². The van der Waals surface area contributed by atoms with Crippen molar-refractivity contribution in [3.8, 4) is 0 Å². The first kappa shape index (κ1) is 32.4. The van der Waals surface area contributed by atoms with E-state index >= 15 is 0 Å². The van der Waals surface area contributed by atoms with Crippen molar-refractivity contribution in [3.63, 3.8) is 0 Å². The van der Waals surface area contributed by atoms with E-state index in [2.05, 4.69) is 214 Å². The van der Waals surface area contributed by atoms with E-state index < -0.39 is 0 Å². The van der Waals surface area contributed by atoms with Gasteiger partial charge in [0.2, 0.25) is 0 Å². The number of hydrogen-bond acceptors (Lipinski definition) is 2. The van der Waals surface area contributed by atoms with Crippen molar-refractivity contribution >= 4 is 66.4 Å². The minimum absolute atomic E-state index is 0.0759. The molecule has 8 aromatic carbocycles. The number of nitrogens with zero attached hydrogens (tertiary/aromatic N) is 2. The molecule has 0 aromatic heterocycles. The van der Waals surface area contributed by atoms with Gasteiger partial charge in [-0.2, -0.15) is 0 Å². The summed E-state index contributed by atoms with van der Waals surface area (Å²) in [4.78, 5) is 4.84. The molecule has 0 atom stereocenters. The van der Waals surface area contributed by atoms with E-state index in [1.54, 1.807) is 0 Å². The number of rotatable bonds is 7. The van der Waals surface area contributed by atoms with Crippen LogP contribution >= 0.6 is 0 Å². The first-order chi connectivity index (χ1) is 24.8. The minimum atomic E-state index is 0.0759. The smallest absolute Gasteiger partial charge is 0.0546 e. The Morgan fingerprint density at radius 2 is 0.725 bits per heavy atom. The van der Waals surface area contributed by atoms with Crippen LogP contribution in [0.1, 0.15) is 51.7 Å². The van der Waals surface area contributed by atoms with Crippen LogP contribution in [0.5, 0.6) is 0 Å². The SMILES string of the molecule is CC(C)c1ccc(N(c2ccccc2)c2cc3c4ccccc4c(N(c4ccccc4)c4ccc(C(C)(C)C)cc4)cc3c3ccccc23)cc1. The zero-order chi connectivity index (χ0) is 35.1. The average Bonchev–Trinajstić information content (AvgIpc) is 3.16. The third-order valence-corrected chi connectivity index (χ3v) is 10.2. The maximum absolute atomic E-state index is 2.42. The Kier molecular flexibility index (Phi) is 8.32. The third kappa shape index (κ3) is 6.02. The Morgan fingerprint density at radius 3 is 1.12 bits per heavy atom. The molecule has 0 spiro atoms. The fraction of sp³-hybridized carbons (Fsp3) is 0.143. The monoisotopic (exact) mass is 660 g/mol. The van der Waals surface area contributed by atoms with Crippen LogP contribution in [-0.2, 0) is 5.41 Å². The second-order valence-corrected chi connectivity index (χ2v) is 14.9. The molecule has 0 bridgehead atoms. The second kappa shape index (κ2) is 13.1. The number of fused-ring (bicyclic) bond motifs is 5. The zero-order valence-corrected chi connectivity index (χ0v) is 30.1. The van der Waals surface area contributed by atoms with Crippen molar-refractivity contribution in [3.05, 3.63) is 181 Å². The topological polar surface area (TPSA) is 6.48 Å². The van der Waals surface area contributed by atoms with Gasteiger partial charge in [-0.05, 0) is 105 Å². The van der Waals surface area contributed by atoms with E-state index in [9.17, 15) is 0 Å². The van der Waals surface area contributed by atoms with Gasteiger partial charge < -0.3 is 9.80 Å². The molecule has 8 rings (SSSR count). The van der Waals surface area contributed by atoms with Crippen molar-refractivity contribution < 1.29 is 0 Å². The summed E-state index contributed by atoms with van der Waals surface area (Å²) in [5.41, 5.74) is 9.61. The lowest BCUT2D eigenvalue weighted by Gasteiger charge is -2.30. The highest BCUT2D eigenvalue weighted by molar-refractivity contribution is 6.24. The highest BCUT2D eigenvalue weighted by Crippen LogP contribution is 2.47. The summed E-state index contributed by atoms with van der Waals surface area (Å²) in [6.45, 7) is 11.3. The van der Waals surface area contributed by atoms with Gasteiger partial charge >= 0.3 is 0 Å². The van der Waals surface area contributed by atoms with E-state index in [0.29, 0.717) is 5.92 Å². The quantitative estimate of drug-likeness (QED) is 0.157. The molecule has 0 saturated carbocycles. The number of benzene rings is 8. The molecule has 51 heavy (non-hydrogen) atoms. The van der Waals surface area contributed by atoms with Crippen molar-refractivity contribution in [1.29, 1.82) is 0 Å². The molecular formula is C49H44N2. The predicted octanol–water partition coefficient (Wildman–Crippen LogP) is 14.5. The molecule has 0 saturated heterocycles. The van der Waals surface area contributed by atoms with E-state index in [1.165, 1.54) is 43.4 Å². The summed E-state index contributed by atoms with van der Waals surface area (Å²) in [6, 6.07) is 62.3. The molecule has 8 aromatic rings. The lowest BCUT2D eigenvalue weighted by molar-refractivity contribution is 0.590. The van der Waals surface area contributed by atoms with Crippen molar-refractivity contribution in [2.45, 2.75) is 46.0 Å². The van der Waals surface area contributed by atoms with Crippen molar-refractivity contribution in [2.75, 3.05) is 9.80 Å². The summed E-state index contributed by atoms with van der Waals surface area (Å²) in [6.07, 6.45) is 0. The Labute approximate surface area is 302 Å². The summed E-state index contributed by atoms with van der Waals surface area (Å²) in [5, 5.41) is 7.35. The van der Waals surface area contributed by atoms with Crippen LogP contribution < -0.4 is 9.80 Å². The Bertz CT molecular complexity index is 2460. The van der Waals surface area contributed by atoms with Crippen LogP contribution in [0.4, 0.5) is 34.1 Å². The molecule has 0 radical (unpaired) electrons. The summed E-state index contributed by atoms with van der Waals surface area (Å²) >= 11 is 0. The Morgan fingerprint density at radius 1 is 0.373 bits per heavy atom. The van der Waals surface area contributed by atoms with Crippen molar-refractivity contribution in [1.82, 2.24) is 0 Å². The molecule has 0 aliphatic heterocycles. The highest BCUT2D eigenvalue weighted by Gasteiger charge is 2.22. The Hall–Kier alpha value is -5.86. The van der Waals surface area contributed by atoms with Gasteiger partial charge in [0.1, 0.15) is 0 Å². The fourth-order valence-electron chi connectivity index (χ4n) is 7.41. The van der Waals surface area contributed by atoms with Gasteiger partial charge in [0.15, 0.2) is 0 Å². The largest absolute Gasteiger partial charge is 0.310 e. The molecule has 0 heterocycles. The predicted molar refractivity (Wildman–Crippen MR) is 221 cm³/mol. The average molecular weight is 661 g/mol.